The zero-order valence-corrected chi connectivity index (χ0v) is 9.07. The molecule has 0 aromatic heterocycles. The second kappa shape index (κ2) is 3.89. The van der Waals surface area contributed by atoms with Gasteiger partial charge in [0.15, 0.2) is 0 Å². The number of ether oxygens (including phenoxy) is 1. The molecule has 0 amide bonds. The third-order valence-corrected chi connectivity index (χ3v) is 3.12. The van der Waals surface area contributed by atoms with Gasteiger partial charge in [-0.2, -0.15) is 0 Å². The predicted molar refractivity (Wildman–Crippen MR) is 57.3 cm³/mol. The van der Waals surface area contributed by atoms with Gasteiger partial charge in [-0.05, 0) is 25.2 Å². The van der Waals surface area contributed by atoms with Crippen LogP contribution in [0.5, 0.6) is 0 Å². The molecule has 3 unspecified atom stereocenters. The van der Waals surface area contributed by atoms with Crippen LogP contribution in [0.3, 0.4) is 0 Å². The van der Waals surface area contributed by atoms with E-state index < -0.39 is 0 Å². The molecule has 3 heteroatoms. The minimum absolute atomic E-state index is 0.371. The van der Waals surface area contributed by atoms with Crippen molar-refractivity contribution >= 4 is 5.84 Å². The van der Waals surface area contributed by atoms with E-state index in [-0.39, 0.29) is 0 Å². The van der Waals surface area contributed by atoms with Gasteiger partial charge in [0, 0.05) is 12.5 Å². The maximum atomic E-state index is 5.98. The Morgan fingerprint density at radius 2 is 2.29 bits per heavy atom. The van der Waals surface area contributed by atoms with Gasteiger partial charge >= 0.3 is 0 Å². The molecule has 0 aliphatic carbocycles. The number of nitrogens with two attached hydrogens (primary N) is 1. The predicted octanol–water partition coefficient (Wildman–Crippen LogP) is 1.57. The Bertz CT molecular complexity index is 237. The number of rotatable bonds is 3. The van der Waals surface area contributed by atoms with Gasteiger partial charge in [0.05, 0.1) is 18.0 Å². The molecule has 3 atom stereocenters. The van der Waals surface area contributed by atoms with Gasteiger partial charge in [-0.3, -0.25) is 4.99 Å². The summed E-state index contributed by atoms with van der Waals surface area (Å²) in [5, 5.41) is 0. The van der Waals surface area contributed by atoms with Gasteiger partial charge in [0.1, 0.15) is 0 Å². The highest BCUT2D eigenvalue weighted by atomic mass is 16.5. The first-order valence-corrected chi connectivity index (χ1v) is 5.62. The van der Waals surface area contributed by atoms with Crippen LogP contribution in [0, 0.1) is 11.8 Å². The lowest BCUT2D eigenvalue weighted by molar-refractivity contribution is 0.0995. The molecule has 2 rings (SSSR count). The molecule has 2 aliphatic heterocycles. The summed E-state index contributed by atoms with van der Waals surface area (Å²) >= 11 is 0. The van der Waals surface area contributed by atoms with Crippen molar-refractivity contribution in [1.82, 2.24) is 0 Å². The maximum absolute atomic E-state index is 5.98. The molecule has 0 aromatic rings. The highest BCUT2D eigenvalue weighted by molar-refractivity contribution is 5.83. The normalized spacial score (nSPS) is 37.1. The van der Waals surface area contributed by atoms with Gasteiger partial charge in [0.2, 0.25) is 0 Å². The van der Waals surface area contributed by atoms with Crippen LogP contribution >= 0.6 is 0 Å². The monoisotopic (exact) mass is 196 g/mol. The van der Waals surface area contributed by atoms with E-state index in [1.165, 1.54) is 12.8 Å². The number of amidine groups is 1. The van der Waals surface area contributed by atoms with Crippen molar-refractivity contribution in [3.63, 3.8) is 0 Å². The fraction of sp³-hybridized carbons (Fsp3) is 0.909. The summed E-state index contributed by atoms with van der Waals surface area (Å²) in [7, 11) is 0. The molecule has 2 N–H and O–H groups in total. The van der Waals surface area contributed by atoms with Gasteiger partial charge in [0.25, 0.3) is 0 Å². The lowest BCUT2D eigenvalue weighted by atomic mass is 9.88. The number of hydrogen-bond donors (Lipinski definition) is 1. The van der Waals surface area contributed by atoms with E-state index in [1.54, 1.807) is 0 Å². The van der Waals surface area contributed by atoms with E-state index in [1.807, 2.05) is 0 Å². The quantitative estimate of drug-likeness (QED) is 0.550. The summed E-state index contributed by atoms with van der Waals surface area (Å²) in [4.78, 5) is 4.44. The van der Waals surface area contributed by atoms with Crippen molar-refractivity contribution in [2.75, 3.05) is 6.54 Å². The number of nitrogens with zero attached hydrogens (tertiary/aromatic N) is 1. The average molecular weight is 196 g/mol. The van der Waals surface area contributed by atoms with E-state index >= 15 is 0 Å². The Kier molecular flexibility index (Phi) is 2.77. The van der Waals surface area contributed by atoms with Crippen LogP contribution in [0.25, 0.3) is 0 Å². The lowest BCUT2D eigenvalue weighted by Crippen LogP contribution is -2.32. The summed E-state index contributed by atoms with van der Waals surface area (Å²) < 4.78 is 5.75. The Balaban J connectivity index is 1.92. The SMILES string of the molecule is CC(C)CN=C(N)C1CC2CCC1O2. The molecule has 2 heterocycles. The number of fused-ring (bicyclic) bond motifs is 2. The summed E-state index contributed by atoms with van der Waals surface area (Å²) in [5.41, 5.74) is 5.98. The molecule has 2 aliphatic rings. The summed E-state index contributed by atoms with van der Waals surface area (Å²) in [5.74, 6) is 1.83. The zero-order chi connectivity index (χ0) is 10.1. The van der Waals surface area contributed by atoms with Crippen molar-refractivity contribution in [1.29, 1.82) is 0 Å². The largest absolute Gasteiger partial charge is 0.387 e. The standard InChI is InChI=1S/C11H20N2O/c1-7(2)6-13-11(12)9-5-8-3-4-10(9)14-8/h7-10H,3-6H2,1-2H3,(H2,12,13). The Labute approximate surface area is 85.7 Å². The number of hydrogen-bond acceptors (Lipinski definition) is 2. The molecule has 0 aromatic carbocycles. The molecular formula is C11H20N2O. The van der Waals surface area contributed by atoms with Crippen LogP contribution < -0.4 is 5.73 Å². The van der Waals surface area contributed by atoms with E-state index in [2.05, 4.69) is 18.8 Å². The van der Waals surface area contributed by atoms with E-state index in [9.17, 15) is 0 Å². The second-order valence-electron chi connectivity index (χ2n) is 4.88. The van der Waals surface area contributed by atoms with Crippen molar-refractivity contribution in [2.24, 2.45) is 22.6 Å². The van der Waals surface area contributed by atoms with Crippen molar-refractivity contribution in [3.8, 4) is 0 Å². The Morgan fingerprint density at radius 1 is 1.50 bits per heavy atom. The van der Waals surface area contributed by atoms with Crippen LogP contribution in [0.15, 0.2) is 4.99 Å². The molecule has 3 nitrogen and oxygen atoms in total. The van der Waals surface area contributed by atoms with Crippen LogP contribution in [-0.2, 0) is 4.74 Å². The molecule has 0 saturated carbocycles. The van der Waals surface area contributed by atoms with Crippen molar-refractivity contribution < 1.29 is 4.74 Å². The fourth-order valence-corrected chi connectivity index (χ4v) is 2.35. The molecule has 14 heavy (non-hydrogen) atoms. The summed E-state index contributed by atoms with van der Waals surface area (Å²) in [6.07, 6.45) is 4.33. The summed E-state index contributed by atoms with van der Waals surface area (Å²) in [6, 6.07) is 0. The van der Waals surface area contributed by atoms with Crippen LogP contribution in [0.4, 0.5) is 0 Å². The molecule has 80 valence electrons. The van der Waals surface area contributed by atoms with Gasteiger partial charge in [-0.15, -0.1) is 0 Å². The Hall–Kier alpha value is -0.570. The molecule has 0 spiro atoms. The first-order chi connectivity index (χ1) is 6.66. The van der Waals surface area contributed by atoms with E-state index in [0.29, 0.717) is 24.0 Å². The lowest BCUT2D eigenvalue weighted by Gasteiger charge is -2.18. The molecule has 2 bridgehead atoms. The second-order valence-corrected chi connectivity index (χ2v) is 4.88. The summed E-state index contributed by atoms with van der Waals surface area (Å²) in [6.45, 7) is 5.17. The smallest absolute Gasteiger partial charge is 0.0995 e. The van der Waals surface area contributed by atoms with Crippen LogP contribution in [0.2, 0.25) is 0 Å². The van der Waals surface area contributed by atoms with E-state index in [4.69, 9.17) is 10.5 Å². The van der Waals surface area contributed by atoms with E-state index in [0.717, 1.165) is 18.8 Å². The first-order valence-electron chi connectivity index (χ1n) is 5.62. The highest BCUT2D eigenvalue weighted by Crippen LogP contribution is 2.38. The zero-order valence-electron chi connectivity index (χ0n) is 9.07. The topological polar surface area (TPSA) is 47.6 Å². The van der Waals surface area contributed by atoms with Gasteiger partial charge in [-0.25, -0.2) is 0 Å². The van der Waals surface area contributed by atoms with Gasteiger partial charge < -0.3 is 10.5 Å². The fourth-order valence-electron chi connectivity index (χ4n) is 2.35. The van der Waals surface area contributed by atoms with Crippen LogP contribution in [-0.4, -0.2) is 24.6 Å². The third-order valence-electron chi connectivity index (χ3n) is 3.12. The molecule has 2 fully saturated rings. The average Bonchev–Trinajstić information content (AvgIpc) is 2.74. The van der Waals surface area contributed by atoms with Gasteiger partial charge in [-0.1, -0.05) is 13.8 Å². The van der Waals surface area contributed by atoms with Crippen molar-refractivity contribution in [2.45, 2.75) is 45.3 Å². The molecule has 2 saturated heterocycles. The van der Waals surface area contributed by atoms with Crippen molar-refractivity contribution in [3.05, 3.63) is 0 Å². The Morgan fingerprint density at radius 3 is 2.79 bits per heavy atom. The molecular weight excluding hydrogens is 176 g/mol. The minimum atomic E-state index is 0.371. The maximum Gasteiger partial charge on any atom is 0.0995 e. The minimum Gasteiger partial charge on any atom is -0.387 e. The number of aliphatic imine (C=N–C) groups is 1. The highest BCUT2D eigenvalue weighted by Gasteiger charge is 2.42. The molecule has 0 radical (unpaired) electrons. The van der Waals surface area contributed by atoms with Crippen LogP contribution in [0.1, 0.15) is 33.1 Å². The third kappa shape index (κ3) is 1.92. The first kappa shape index (κ1) is 9.97.